The van der Waals surface area contributed by atoms with Gasteiger partial charge in [-0.1, -0.05) is 24.3 Å². The van der Waals surface area contributed by atoms with Crippen LogP contribution in [-0.4, -0.2) is 57.7 Å². The fourth-order valence-electron chi connectivity index (χ4n) is 2.97. The number of anilines is 1. The molecule has 1 saturated heterocycles. The Morgan fingerprint density at radius 2 is 1.89 bits per heavy atom. The van der Waals surface area contributed by atoms with E-state index in [9.17, 15) is 8.42 Å². The van der Waals surface area contributed by atoms with Gasteiger partial charge in [-0.15, -0.1) is 11.3 Å². The van der Waals surface area contributed by atoms with Crippen LogP contribution in [0.25, 0.3) is 10.8 Å². The molecule has 3 heterocycles. The fourth-order valence-corrected chi connectivity index (χ4v) is 4.92. The molecule has 1 fully saturated rings. The summed E-state index contributed by atoms with van der Waals surface area (Å²) in [6, 6.07) is 12.0. The molecule has 0 radical (unpaired) electrons. The van der Waals surface area contributed by atoms with Gasteiger partial charge in [-0.25, -0.2) is 8.42 Å². The molecule has 0 saturated carbocycles. The van der Waals surface area contributed by atoms with E-state index >= 15 is 0 Å². The lowest BCUT2D eigenvalue weighted by molar-refractivity contribution is 0.0398. The van der Waals surface area contributed by atoms with Gasteiger partial charge in [0.25, 0.3) is 0 Å². The van der Waals surface area contributed by atoms with Crippen molar-refractivity contribution in [1.29, 1.82) is 0 Å². The number of nitrogens with zero attached hydrogens (tertiary/aromatic N) is 2. The van der Waals surface area contributed by atoms with Gasteiger partial charge in [-0.2, -0.15) is 4.98 Å². The number of hydrogen-bond donors (Lipinski definition) is 1. The van der Waals surface area contributed by atoms with Gasteiger partial charge in [-0.05, 0) is 23.6 Å². The molecule has 3 aromatic rings. The molecule has 0 amide bonds. The van der Waals surface area contributed by atoms with Crippen LogP contribution >= 0.6 is 11.3 Å². The first-order chi connectivity index (χ1) is 13.6. The highest BCUT2D eigenvalue weighted by molar-refractivity contribution is 7.91. The zero-order valence-corrected chi connectivity index (χ0v) is 16.8. The molecule has 0 atom stereocenters. The molecule has 4 rings (SSSR count). The van der Waals surface area contributed by atoms with Gasteiger partial charge in [0.15, 0.2) is 0 Å². The molecule has 148 valence electrons. The molecule has 2 aromatic heterocycles. The van der Waals surface area contributed by atoms with Gasteiger partial charge < -0.3 is 14.5 Å². The molecule has 7 nitrogen and oxygen atoms in total. The Bertz CT molecular complexity index is 995. The molecule has 1 aromatic carbocycles. The lowest BCUT2D eigenvalue weighted by Gasteiger charge is -2.26. The van der Waals surface area contributed by atoms with Gasteiger partial charge in [0.1, 0.15) is 0 Å². The van der Waals surface area contributed by atoms with Crippen molar-refractivity contribution >= 4 is 27.1 Å². The maximum Gasteiger partial charge on any atom is 0.240 e. The first-order valence-electron chi connectivity index (χ1n) is 9.03. The van der Waals surface area contributed by atoms with Crippen molar-refractivity contribution in [3.05, 3.63) is 47.8 Å². The third kappa shape index (κ3) is 4.12. The zero-order valence-electron chi connectivity index (χ0n) is 15.2. The van der Waals surface area contributed by atoms with E-state index in [1.54, 1.807) is 30.3 Å². The summed E-state index contributed by atoms with van der Waals surface area (Å²) in [7, 11) is -3.79. The summed E-state index contributed by atoms with van der Waals surface area (Å²) in [6.45, 7) is 4.50. The molecule has 1 N–H and O–H groups in total. The minimum Gasteiger partial charge on any atom is -0.418 e. The van der Waals surface area contributed by atoms with Crippen molar-refractivity contribution in [1.82, 2.24) is 9.88 Å². The quantitative estimate of drug-likeness (QED) is 0.630. The lowest BCUT2D eigenvalue weighted by atomic mass is 10.4. The number of oxazole rings is 1. The van der Waals surface area contributed by atoms with Crippen molar-refractivity contribution in [2.45, 2.75) is 9.92 Å². The second kappa shape index (κ2) is 8.44. The minimum absolute atomic E-state index is 0.0796. The second-order valence-corrected chi connectivity index (χ2v) is 9.14. The third-order valence-electron chi connectivity index (χ3n) is 4.45. The summed E-state index contributed by atoms with van der Waals surface area (Å²) in [4.78, 5) is 7.56. The SMILES string of the molecule is O=S(=O)(c1ccccc1)c1nc(-c2cccs2)oc1NCCN1CCOCC1. The number of benzene rings is 1. The van der Waals surface area contributed by atoms with Crippen LogP contribution in [0, 0.1) is 0 Å². The van der Waals surface area contributed by atoms with E-state index in [2.05, 4.69) is 15.2 Å². The normalized spacial score (nSPS) is 15.6. The number of aromatic nitrogens is 1. The van der Waals surface area contributed by atoms with Gasteiger partial charge >= 0.3 is 0 Å². The van der Waals surface area contributed by atoms with Crippen molar-refractivity contribution in [2.24, 2.45) is 0 Å². The Kier molecular flexibility index (Phi) is 5.77. The van der Waals surface area contributed by atoms with E-state index in [1.165, 1.54) is 11.3 Å². The summed E-state index contributed by atoms with van der Waals surface area (Å²) >= 11 is 1.45. The molecule has 1 aliphatic heterocycles. The zero-order chi connectivity index (χ0) is 19.4. The average molecular weight is 420 g/mol. The molecule has 0 spiro atoms. The Morgan fingerprint density at radius 1 is 1.11 bits per heavy atom. The topological polar surface area (TPSA) is 84.7 Å². The van der Waals surface area contributed by atoms with Crippen molar-refractivity contribution in [3.63, 3.8) is 0 Å². The van der Waals surface area contributed by atoms with Gasteiger partial charge in [0.2, 0.25) is 26.6 Å². The third-order valence-corrected chi connectivity index (χ3v) is 6.99. The van der Waals surface area contributed by atoms with E-state index in [1.807, 2.05) is 17.5 Å². The molecular weight excluding hydrogens is 398 g/mol. The molecule has 0 aliphatic carbocycles. The monoisotopic (exact) mass is 419 g/mol. The van der Waals surface area contributed by atoms with Crippen LogP contribution in [-0.2, 0) is 14.6 Å². The number of sulfone groups is 1. The Hall–Kier alpha value is -2.20. The van der Waals surface area contributed by atoms with Crippen LogP contribution in [0.15, 0.2) is 62.2 Å². The number of ether oxygens (including phenoxy) is 1. The lowest BCUT2D eigenvalue weighted by Crippen LogP contribution is -2.39. The molecule has 1 aliphatic rings. The Morgan fingerprint density at radius 3 is 2.61 bits per heavy atom. The van der Waals surface area contributed by atoms with Crippen LogP contribution in [0.5, 0.6) is 0 Å². The van der Waals surface area contributed by atoms with Crippen LogP contribution in [0.2, 0.25) is 0 Å². The predicted molar refractivity (Wildman–Crippen MR) is 107 cm³/mol. The summed E-state index contributed by atoms with van der Waals surface area (Å²) in [6.07, 6.45) is 0. The number of rotatable bonds is 7. The van der Waals surface area contributed by atoms with Gasteiger partial charge in [-0.3, -0.25) is 4.90 Å². The van der Waals surface area contributed by atoms with Crippen molar-refractivity contribution < 1.29 is 17.6 Å². The highest BCUT2D eigenvalue weighted by Crippen LogP contribution is 2.33. The minimum atomic E-state index is -3.79. The van der Waals surface area contributed by atoms with Gasteiger partial charge in [0, 0.05) is 26.2 Å². The molecule has 0 bridgehead atoms. The predicted octanol–water partition coefficient (Wildman–Crippen LogP) is 2.98. The highest BCUT2D eigenvalue weighted by atomic mass is 32.2. The van der Waals surface area contributed by atoms with Crippen LogP contribution in [0.1, 0.15) is 0 Å². The number of thiophene rings is 1. The first-order valence-corrected chi connectivity index (χ1v) is 11.4. The standard InChI is InChI=1S/C19H21N3O4S2/c23-28(24,15-5-2-1-3-6-15)19-18(20-8-9-22-10-12-25-13-11-22)26-17(21-19)16-7-4-14-27-16/h1-7,14,20H,8-13H2. The summed E-state index contributed by atoms with van der Waals surface area (Å²) in [5, 5.41) is 4.95. The number of hydrogen-bond acceptors (Lipinski definition) is 8. The first kappa shape index (κ1) is 19.1. The van der Waals surface area contributed by atoms with Crippen LogP contribution < -0.4 is 5.32 Å². The molecular formula is C19H21N3O4S2. The number of nitrogens with one attached hydrogen (secondary N) is 1. The van der Waals surface area contributed by atoms with E-state index in [0.717, 1.165) is 37.7 Å². The summed E-state index contributed by atoms with van der Waals surface area (Å²) in [5.41, 5.74) is 0. The maximum atomic E-state index is 13.1. The highest BCUT2D eigenvalue weighted by Gasteiger charge is 2.28. The second-order valence-electron chi connectivity index (χ2n) is 6.33. The molecule has 9 heteroatoms. The van der Waals surface area contributed by atoms with E-state index < -0.39 is 9.84 Å². The van der Waals surface area contributed by atoms with Crippen molar-refractivity contribution in [3.8, 4) is 10.8 Å². The molecule has 28 heavy (non-hydrogen) atoms. The van der Waals surface area contributed by atoms with E-state index in [-0.39, 0.29) is 15.8 Å². The van der Waals surface area contributed by atoms with Gasteiger partial charge in [0.05, 0.1) is 23.0 Å². The summed E-state index contributed by atoms with van der Waals surface area (Å²) < 4.78 is 37.4. The Balaban J connectivity index is 1.60. The number of morpholine rings is 1. The van der Waals surface area contributed by atoms with E-state index in [4.69, 9.17) is 9.15 Å². The summed E-state index contributed by atoms with van der Waals surface area (Å²) in [5.74, 6) is 0.485. The smallest absolute Gasteiger partial charge is 0.240 e. The largest absolute Gasteiger partial charge is 0.418 e. The molecule has 0 unspecified atom stereocenters. The average Bonchev–Trinajstić information content (AvgIpc) is 3.40. The van der Waals surface area contributed by atoms with Crippen LogP contribution in [0.4, 0.5) is 5.88 Å². The van der Waals surface area contributed by atoms with Crippen LogP contribution in [0.3, 0.4) is 0 Å². The van der Waals surface area contributed by atoms with E-state index in [0.29, 0.717) is 12.4 Å². The van der Waals surface area contributed by atoms with Crippen molar-refractivity contribution in [2.75, 3.05) is 44.7 Å². The maximum absolute atomic E-state index is 13.1. The Labute approximate surface area is 167 Å². The fraction of sp³-hybridized carbons (Fsp3) is 0.316.